The maximum Gasteiger partial charge on any atom is 0.246 e. The zero-order valence-electron chi connectivity index (χ0n) is 12.3. The van der Waals surface area contributed by atoms with Gasteiger partial charge in [0, 0.05) is 30.3 Å². The minimum Gasteiger partial charge on any atom is -0.369 e. The molecule has 0 spiro atoms. The van der Waals surface area contributed by atoms with Crippen molar-refractivity contribution in [2.45, 2.75) is 25.7 Å². The lowest BCUT2D eigenvalue weighted by atomic mass is 10.2. The summed E-state index contributed by atoms with van der Waals surface area (Å²) in [5, 5.41) is 11.8. The fraction of sp³-hybridized carbons (Fsp3) is 0.538. The molecular formula is C13H19BrN4O2S. The van der Waals surface area contributed by atoms with E-state index in [9.17, 15) is 8.42 Å². The molecule has 0 bridgehead atoms. The Kier molecular flexibility index (Phi) is 6.58. The molecule has 0 fully saturated rings. The molecule has 0 aliphatic rings. The monoisotopic (exact) mass is 374 g/mol. The van der Waals surface area contributed by atoms with Crippen LogP contribution in [0.25, 0.3) is 0 Å². The molecule has 1 unspecified atom stereocenters. The average molecular weight is 375 g/mol. The Bertz CT molecular complexity index is 628. The number of nitrogens with zero attached hydrogens (tertiary/aromatic N) is 3. The summed E-state index contributed by atoms with van der Waals surface area (Å²) in [4.78, 5) is 4.24. The number of halogens is 1. The van der Waals surface area contributed by atoms with Crippen LogP contribution in [-0.2, 0) is 10.0 Å². The second-order valence-corrected chi connectivity index (χ2v) is 7.34. The maximum atomic E-state index is 12.8. The summed E-state index contributed by atoms with van der Waals surface area (Å²) in [6.45, 7) is 6.34. The van der Waals surface area contributed by atoms with Gasteiger partial charge >= 0.3 is 0 Å². The van der Waals surface area contributed by atoms with Crippen molar-refractivity contribution in [1.82, 2.24) is 9.29 Å². The van der Waals surface area contributed by atoms with Crippen LogP contribution in [0.1, 0.15) is 20.8 Å². The third-order valence-corrected chi connectivity index (χ3v) is 5.22. The van der Waals surface area contributed by atoms with Crippen molar-refractivity contribution < 1.29 is 8.42 Å². The predicted octanol–water partition coefficient (Wildman–Crippen LogP) is 2.45. The first-order chi connectivity index (χ1) is 9.86. The molecule has 1 atom stereocenters. The molecular weight excluding hydrogens is 356 g/mol. The van der Waals surface area contributed by atoms with Crippen LogP contribution in [0.4, 0.5) is 5.82 Å². The van der Waals surface area contributed by atoms with E-state index < -0.39 is 10.0 Å². The highest BCUT2D eigenvalue weighted by atomic mass is 79.9. The van der Waals surface area contributed by atoms with E-state index in [0.29, 0.717) is 23.4 Å². The number of hydrogen-bond acceptors (Lipinski definition) is 5. The highest BCUT2D eigenvalue weighted by molar-refractivity contribution is 9.10. The number of nitriles is 1. The Hall–Kier alpha value is -1.17. The van der Waals surface area contributed by atoms with Gasteiger partial charge in [0.2, 0.25) is 10.0 Å². The number of rotatable bonds is 7. The van der Waals surface area contributed by atoms with E-state index in [-0.39, 0.29) is 17.4 Å². The highest BCUT2D eigenvalue weighted by Crippen LogP contribution is 2.26. The number of nitrogens with one attached hydrogen (secondary N) is 1. The van der Waals surface area contributed by atoms with Gasteiger partial charge in [0.1, 0.15) is 10.7 Å². The molecule has 0 aromatic carbocycles. The number of hydrogen-bond donors (Lipinski definition) is 1. The lowest BCUT2D eigenvalue weighted by Crippen LogP contribution is -2.35. The van der Waals surface area contributed by atoms with Crippen molar-refractivity contribution in [2.75, 3.05) is 25.0 Å². The quantitative estimate of drug-likeness (QED) is 0.791. The fourth-order valence-corrected chi connectivity index (χ4v) is 3.97. The molecule has 1 N–H and O–H groups in total. The minimum absolute atomic E-state index is 0.116. The van der Waals surface area contributed by atoms with Gasteiger partial charge in [-0.15, -0.1) is 0 Å². The number of pyridine rings is 1. The highest BCUT2D eigenvalue weighted by Gasteiger charge is 2.28. The summed E-state index contributed by atoms with van der Waals surface area (Å²) in [5.74, 6) is -0.0498. The summed E-state index contributed by atoms with van der Waals surface area (Å²) in [5.41, 5.74) is 0. The topological polar surface area (TPSA) is 86.1 Å². The molecule has 8 heteroatoms. The van der Waals surface area contributed by atoms with Crippen molar-refractivity contribution in [2.24, 2.45) is 5.92 Å². The molecule has 1 rings (SSSR count). The lowest BCUT2D eigenvalue weighted by molar-refractivity contribution is 0.400. The Morgan fingerprint density at radius 1 is 1.52 bits per heavy atom. The number of sulfonamides is 1. The fourth-order valence-electron chi connectivity index (χ4n) is 1.80. The standard InChI is InChI=1S/C13H19BrN4O2S/c1-4-16-13-12(6-11(14)8-17-13)21(19,20)18(5-2)9-10(3)7-15/h6,8,10H,4-5,9H2,1-3H3,(H,16,17). The molecule has 0 amide bonds. The molecule has 1 aromatic rings. The third-order valence-electron chi connectivity index (χ3n) is 2.83. The molecule has 116 valence electrons. The first kappa shape index (κ1) is 17.9. The second kappa shape index (κ2) is 7.73. The summed E-state index contributed by atoms with van der Waals surface area (Å²) < 4.78 is 27.4. The number of anilines is 1. The van der Waals surface area contributed by atoms with E-state index in [2.05, 4.69) is 32.3 Å². The van der Waals surface area contributed by atoms with Gasteiger partial charge < -0.3 is 5.32 Å². The van der Waals surface area contributed by atoms with E-state index in [0.717, 1.165) is 0 Å². The third kappa shape index (κ3) is 4.40. The zero-order chi connectivity index (χ0) is 16.0. The predicted molar refractivity (Wildman–Crippen MR) is 85.3 cm³/mol. The second-order valence-electron chi connectivity index (χ2n) is 4.52. The van der Waals surface area contributed by atoms with Crippen LogP contribution >= 0.6 is 15.9 Å². The van der Waals surface area contributed by atoms with Gasteiger partial charge in [0.15, 0.2) is 0 Å². The average Bonchev–Trinajstić information content (AvgIpc) is 2.46. The van der Waals surface area contributed by atoms with Crippen molar-refractivity contribution in [3.63, 3.8) is 0 Å². The molecule has 21 heavy (non-hydrogen) atoms. The molecule has 0 aliphatic heterocycles. The first-order valence-corrected chi connectivity index (χ1v) is 8.89. The van der Waals surface area contributed by atoms with Crippen LogP contribution in [0.15, 0.2) is 21.6 Å². The van der Waals surface area contributed by atoms with Gasteiger partial charge in [0.25, 0.3) is 0 Å². The van der Waals surface area contributed by atoms with Crippen LogP contribution in [-0.4, -0.2) is 37.3 Å². The minimum atomic E-state index is -3.70. The zero-order valence-corrected chi connectivity index (χ0v) is 14.7. The van der Waals surface area contributed by atoms with Crippen LogP contribution in [0.3, 0.4) is 0 Å². The van der Waals surface area contributed by atoms with Crippen LogP contribution in [0, 0.1) is 17.2 Å². The van der Waals surface area contributed by atoms with Gasteiger partial charge in [-0.25, -0.2) is 13.4 Å². The normalized spacial score (nSPS) is 13.0. The summed E-state index contributed by atoms with van der Waals surface area (Å²) in [6, 6.07) is 3.59. The van der Waals surface area contributed by atoms with Gasteiger partial charge in [0.05, 0.1) is 12.0 Å². The van der Waals surface area contributed by atoms with E-state index >= 15 is 0 Å². The lowest BCUT2D eigenvalue weighted by Gasteiger charge is -2.22. The Balaban J connectivity index is 3.28. The smallest absolute Gasteiger partial charge is 0.246 e. The van der Waals surface area contributed by atoms with Crippen LogP contribution in [0.5, 0.6) is 0 Å². The van der Waals surface area contributed by atoms with Crippen molar-refractivity contribution in [3.05, 3.63) is 16.7 Å². The van der Waals surface area contributed by atoms with E-state index in [1.807, 2.05) is 6.92 Å². The summed E-state index contributed by atoms with van der Waals surface area (Å²) in [6.07, 6.45) is 1.55. The number of aromatic nitrogens is 1. The molecule has 6 nitrogen and oxygen atoms in total. The largest absolute Gasteiger partial charge is 0.369 e. The van der Waals surface area contributed by atoms with Crippen molar-refractivity contribution in [1.29, 1.82) is 5.26 Å². The van der Waals surface area contributed by atoms with Gasteiger partial charge in [-0.1, -0.05) is 6.92 Å². The molecule has 0 aliphatic carbocycles. The van der Waals surface area contributed by atoms with Crippen LogP contribution in [0.2, 0.25) is 0 Å². The summed E-state index contributed by atoms with van der Waals surface area (Å²) in [7, 11) is -3.70. The maximum absolute atomic E-state index is 12.8. The molecule has 0 saturated carbocycles. The Labute approximate surface area is 134 Å². The van der Waals surface area contributed by atoms with E-state index in [1.54, 1.807) is 20.0 Å². The van der Waals surface area contributed by atoms with Gasteiger partial charge in [-0.2, -0.15) is 9.57 Å². The molecule has 0 radical (unpaired) electrons. The van der Waals surface area contributed by atoms with Crippen LogP contribution < -0.4 is 5.32 Å². The molecule has 1 heterocycles. The van der Waals surface area contributed by atoms with Gasteiger partial charge in [-0.05, 0) is 35.8 Å². The Morgan fingerprint density at radius 2 is 2.19 bits per heavy atom. The molecule has 1 aromatic heterocycles. The van der Waals surface area contributed by atoms with Crippen molar-refractivity contribution in [3.8, 4) is 6.07 Å². The van der Waals surface area contributed by atoms with E-state index in [1.165, 1.54) is 10.4 Å². The van der Waals surface area contributed by atoms with E-state index in [4.69, 9.17) is 5.26 Å². The van der Waals surface area contributed by atoms with Gasteiger partial charge in [-0.3, -0.25) is 0 Å². The molecule has 0 saturated heterocycles. The first-order valence-electron chi connectivity index (χ1n) is 6.65. The van der Waals surface area contributed by atoms with Crippen molar-refractivity contribution >= 4 is 31.8 Å². The summed E-state index contributed by atoms with van der Waals surface area (Å²) >= 11 is 3.25. The SMILES string of the molecule is CCNc1ncc(Br)cc1S(=O)(=O)N(CC)CC(C)C#N. The Morgan fingerprint density at radius 3 is 2.71 bits per heavy atom.